The molecular weight excluding hydrogens is 172 g/mol. The molecule has 0 radical (unpaired) electrons. The molecule has 0 bridgehead atoms. The summed E-state index contributed by atoms with van der Waals surface area (Å²) in [4.78, 5) is 9.91. The Bertz CT molecular complexity index is 199. The Morgan fingerprint density at radius 2 is 1.79 bits per heavy atom. The van der Waals surface area contributed by atoms with Gasteiger partial charge in [0.25, 0.3) is 0 Å². The van der Waals surface area contributed by atoms with E-state index in [0.717, 1.165) is 12.7 Å². The fraction of sp³-hybridized carbons (Fsp3) is 0.462. The summed E-state index contributed by atoms with van der Waals surface area (Å²) in [6.45, 7) is 2.21. The fourth-order valence-corrected chi connectivity index (χ4v) is 1.07. The molecule has 0 heterocycles. The summed E-state index contributed by atoms with van der Waals surface area (Å²) in [7, 11) is 0. The highest BCUT2D eigenvalue weighted by molar-refractivity contribution is 5.65. The lowest BCUT2D eigenvalue weighted by molar-refractivity contribution is -0.104. The van der Waals surface area contributed by atoms with Crippen LogP contribution in [0.1, 0.15) is 39.0 Å². The summed E-state index contributed by atoms with van der Waals surface area (Å²) < 4.78 is 0. The van der Waals surface area contributed by atoms with Crippen molar-refractivity contribution in [1.82, 2.24) is 0 Å². The lowest BCUT2D eigenvalue weighted by Gasteiger charge is -1.90. The molecule has 0 atom stereocenters. The standard InChI is InChI=1S/C13H20O/c1-2-3-4-5-6-7-8-9-10-11-12-13-14/h6-7,9-13H,2-5,8H2,1H3. The second-order valence-corrected chi connectivity index (χ2v) is 3.15. The number of unbranched alkanes of at least 4 members (excludes halogenated alkanes) is 3. The minimum Gasteiger partial charge on any atom is -0.299 e. The number of aldehydes is 1. The third-order valence-electron chi connectivity index (χ3n) is 1.85. The Kier molecular flexibility index (Phi) is 10.9. The van der Waals surface area contributed by atoms with Gasteiger partial charge in [-0.2, -0.15) is 0 Å². The maximum Gasteiger partial charge on any atom is 0.142 e. The highest BCUT2D eigenvalue weighted by Crippen LogP contribution is 2.00. The average molecular weight is 192 g/mol. The first-order valence-electron chi connectivity index (χ1n) is 5.33. The molecule has 0 saturated carbocycles. The quantitative estimate of drug-likeness (QED) is 0.188. The van der Waals surface area contributed by atoms with E-state index in [-0.39, 0.29) is 0 Å². The van der Waals surface area contributed by atoms with Gasteiger partial charge in [0, 0.05) is 0 Å². The van der Waals surface area contributed by atoms with E-state index in [9.17, 15) is 4.79 Å². The number of hydrogen-bond donors (Lipinski definition) is 0. The number of hydrogen-bond acceptors (Lipinski definition) is 1. The monoisotopic (exact) mass is 192 g/mol. The zero-order valence-electron chi connectivity index (χ0n) is 8.99. The van der Waals surface area contributed by atoms with Gasteiger partial charge in [0.05, 0.1) is 0 Å². The van der Waals surface area contributed by atoms with Crippen LogP contribution in [-0.2, 0) is 4.79 Å². The van der Waals surface area contributed by atoms with E-state index in [4.69, 9.17) is 0 Å². The van der Waals surface area contributed by atoms with Crippen molar-refractivity contribution in [2.75, 3.05) is 0 Å². The summed E-state index contributed by atoms with van der Waals surface area (Å²) in [5.41, 5.74) is 0. The maximum atomic E-state index is 9.91. The smallest absolute Gasteiger partial charge is 0.142 e. The highest BCUT2D eigenvalue weighted by Gasteiger charge is 1.80. The van der Waals surface area contributed by atoms with Gasteiger partial charge in [0.15, 0.2) is 0 Å². The molecule has 14 heavy (non-hydrogen) atoms. The summed E-state index contributed by atoms with van der Waals surface area (Å²) in [5.74, 6) is 0. The van der Waals surface area contributed by atoms with Crippen molar-refractivity contribution in [2.24, 2.45) is 0 Å². The summed E-state index contributed by atoms with van der Waals surface area (Å²) in [6.07, 6.45) is 18.4. The molecule has 0 aliphatic heterocycles. The second kappa shape index (κ2) is 11.9. The van der Waals surface area contributed by atoms with E-state index in [1.807, 2.05) is 12.2 Å². The molecule has 0 aliphatic carbocycles. The van der Waals surface area contributed by atoms with E-state index in [2.05, 4.69) is 19.1 Å². The molecule has 0 saturated heterocycles. The molecule has 0 spiro atoms. The Balaban J connectivity index is 3.29. The van der Waals surface area contributed by atoms with Gasteiger partial charge in [0.1, 0.15) is 6.29 Å². The second-order valence-electron chi connectivity index (χ2n) is 3.15. The summed E-state index contributed by atoms with van der Waals surface area (Å²) in [5, 5.41) is 0. The molecular formula is C13H20O. The van der Waals surface area contributed by atoms with Crippen molar-refractivity contribution in [3.63, 3.8) is 0 Å². The van der Waals surface area contributed by atoms with Crippen LogP contribution in [0, 0.1) is 0 Å². The maximum absolute atomic E-state index is 9.91. The van der Waals surface area contributed by atoms with E-state index < -0.39 is 0 Å². The molecule has 0 aromatic carbocycles. The molecule has 0 amide bonds. The predicted molar refractivity (Wildman–Crippen MR) is 62.2 cm³/mol. The van der Waals surface area contributed by atoms with Gasteiger partial charge >= 0.3 is 0 Å². The summed E-state index contributed by atoms with van der Waals surface area (Å²) in [6, 6.07) is 0. The third kappa shape index (κ3) is 10.9. The number of carbonyl (C=O) groups is 1. The molecule has 0 rings (SSSR count). The van der Waals surface area contributed by atoms with Gasteiger partial charge in [-0.05, 0) is 25.3 Å². The summed E-state index contributed by atoms with van der Waals surface area (Å²) >= 11 is 0. The van der Waals surface area contributed by atoms with Crippen molar-refractivity contribution in [3.8, 4) is 0 Å². The van der Waals surface area contributed by atoms with E-state index >= 15 is 0 Å². The Hall–Kier alpha value is -1.11. The molecule has 0 aliphatic rings. The third-order valence-corrected chi connectivity index (χ3v) is 1.85. The van der Waals surface area contributed by atoms with Crippen molar-refractivity contribution < 1.29 is 4.79 Å². The molecule has 0 unspecified atom stereocenters. The van der Waals surface area contributed by atoms with Crippen LogP contribution in [0.5, 0.6) is 0 Å². The average Bonchev–Trinajstić information content (AvgIpc) is 2.21. The molecule has 1 heteroatoms. The zero-order chi connectivity index (χ0) is 10.5. The normalized spacial score (nSPS) is 12.1. The largest absolute Gasteiger partial charge is 0.299 e. The lowest BCUT2D eigenvalue weighted by atomic mass is 10.2. The number of allylic oxidation sites excluding steroid dienone is 6. The lowest BCUT2D eigenvalue weighted by Crippen LogP contribution is -1.70. The van der Waals surface area contributed by atoms with Crippen LogP contribution in [0.3, 0.4) is 0 Å². The number of rotatable bonds is 8. The van der Waals surface area contributed by atoms with Crippen LogP contribution in [0.25, 0.3) is 0 Å². The van der Waals surface area contributed by atoms with Gasteiger partial charge in [-0.25, -0.2) is 0 Å². The molecule has 78 valence electrons. The van der Waals surface area contributed by atoms with Crippen LogP contribution in [0.4, 0.5) is 0 Å². The van der Waals surface area contributed by atoms with Gasteiger partial charge in [0.2, 0.25) is 0 Å². The molecule has 0 aromatic rings. The van der Waals surface area contributed by atoms with E-state index in [1.54, 1.807) is 6.08 Å². The van der Waals surface area contributed by atoms with Gasteiger partial charge in [-0.15, -0.1) is 0 Å². The van der Waals surface area contributed by atoms with E-state index in [1.165, 1.54) is 31.8 Å². The van der Waals surface area contributed by atoms with Crippen molar-refractivity contribution in [2.45, 2.75) is 39.0 Å². The van der Waals surface area contributed by atoms with Gasteiger partial charge in [-0.3, -0.25) is 4.79 Å². The minimum absolute atomic E-state index is 0.783. The first-order chi connectivity index (χ1) is 6.91. The topological polar surface area (TPSA) is 17.1 Å². The van der Waals surface area contributed by atoms with Crippen LogP contribution in [0.2, 0.25) is 0 Å². The fourth-order valence-electron chi connectivity index (χ4n) is 1.07. The first kappa shape index (κ1) is 12.9. The molecule has 0 N–H and O–H groups in total. The Morgan fingerprint density at radius 3 is 2.50 bits per heavy atom. The highest BCUT2D eigenvalue weighted by atomic mass is 16.1. The van der Waals surface area contributed by atoms with Crippen molar-refractivity contribution >= 4 is 6.29 Å². The molecule has 1 nitrogen and oxygen atoms in total. The molecule has 0 aromatic heterocycles. The van der Waals surface area contributed by atoms with Gasteiger partial charge < -0.3 is 0 Å². The Morgan fingerprint density at radius 1 is 0.929 bits per heavy atom. The number of carbonyl (C=O) groups excluding carboxylic acids is 1. The van der Waals surface area contributed by atoms with E-state index in [0.29, 0.717) is 0 Å². The van der Waals surface area contributed by atoms with Crippen LogP contribution in [0.15, 0.2) is 36.5 Å². The van der Waals surface area contributed by atoms with Gasteiger partial charge in [-0.1, -0.05) is 50.1 Å². The zero-order valence-corrected chi connectivity index (χ0v) is 8.99. The van der Waals surface area contributed by atoms with Crippen LogP contribution in [-0.4, -0.2) is 6.29 Å². The first-order valence-corrected chi connectivity index (χ1v) is 5.33. The van der Waals surface area contributed by atoms with Crippen LogP contribution < -0.4 is 0 Å². The molecule has 0 fully saturated rings. The Labute approximate surface area is 87.2 Å². The van der Waals surface area contributed by atoms with Crippen molar-refractivity contribution in [1.29, 1.82) is 0 Å². The van der Waals surface area contributed by atoms with Crippen molar-refractivity contribution in [3.05, 3.63) is 36.5 Å². The SMILES string of the molecule is CCCCCC=CCC=CC=CC=O. The van der Waals surface area contributed by atoms with Crippen LogP contribution >= 0.6 is 0 Å². The minimum atomic E-state index is 0.783. The predicted octanol–water partition coefficient (Wildman–Crippen LogP) is 3.82.